The fraction of sp³-hybridized carbons (Fsp3) is 0.100. The van der Waals surface area contributed by atoms with Gasteiger partial charge in [0.2, 0.25) is 0 Å². The van der Waals surface area contributed by atoms with E-state index in [9.17, 15) is 0 Å². The molecule has 0 saturated heterocycles. The molecule has 0 radical (unpaired) electrons. The molecule has 0 unspecified atom stereocenters. The summed E-state index contributed by atoms with van der Waals surface area (Å²) in [5.74, 6) is 0. The van der Waals surface area contributed by atoms with Gasteiger partial charge in [-0.1, -0.05) is 42.5 Å². The molecule has 0 fully saturated rings. The van der Waals surface area contributed by atoms with Crippen LogP contribution in [0.25, 0.3) is 20.2 Å². The van der Waals surface area contributed by atoms with Gasteiger partial charge in [-0.3, -0.25) is 0 Å². The number of thiophene rings is 1. The van der Waals surface area contributed by atoms with Crippen molar-refractivity contribution in [3.8, 4) is 0 Å². The Morgan fingerprint density at radius 3 is 2.36 bits per heavy atom. The maximum Gasteiger partial charge on any atom is 0.0426 e. The second kappa shape index (κ2) is 5.47. The Morgan fingerprint density at radius 1 is 0.773 bits per heavy atom. The molecule has 1 aromatic heterocycles. The van der Waals surface area contributed by atoms with Gasteiger partial charge in [0.15, 0.2) is 0 Å². The van der Waals surface area contributed by atoms with Gasteiger partial charge in [0.1, 0.15) is 0 Å². The van der Waals surface area contributed by atoms with E-state index < -0.39 is 0 Å². The highest BCUT2D eigenvalue weighted by atomic mass is 32.1. The van der Waals surface area contributed by atoms with E-state index in [1.807, 2.05) is 11.3 Å². The van der Waals surface area contributed by atoms with Crippen LogP contribution in [-0.2, 0) is 6.54 Å². The van der Waals surface area contributed by atoms with Gasteiger partial charge in [0.05, 0.1) is 0 Å². The molecule has 4 aromatic rings. The molecule has 0 aliphatic rings. The van der Waals surface area contributed by atoms with Crippen LogP contribution in [0.15, 0.2) is 72.8 Å². The van der Waals surface area contributed by atoms with Crippen molar-refractivity contribution in [1.82, 2.24) is 0 Å². The zero-order valence-electron chi connectivity index (χ0n) is 12.5. The molecule has 1 heterocycles. The Balaban J connectivity index is 1.72. The third-order valence-electron chi connectivity index (χ3n) is 4.06. The molecular weight excluding hydrogens is 286 g/mol. The molecule has 1 nitrogen and oxygen atoms in total. The number of nitrogens with zero attached hydrogens (tertiary/aromatic N) is 1. The van der Waals surface area contributed by atoms with Crippen molar-refractivity contribution >= 4 is 37.2 Å². The van der Waals surface area contributed by atoms with Crippen molar-refractivity contribution < 1.29 is 0 Å². The minimum absolute atomic E-state index is 0.921. The fourth-order valence-electron chi connectivity index (χ4n) is 2.92. The Bertz CT molecular complexity index is 924. The first-order valence-electron chi connectivity index (χ1n) is 7.47. The first-order valence-corrected chi connectivity index (χ1v) is 8.29. The van der Waals surface area contributed by atoms with Crippen LogP contribution in [0.4, 0.5) is 5.69 Å². The number of rotatable bonds is 3. The molecule has 22 heavy (non-hydrogen) atoms. The molecule has 4 rings (SSSR count). The number of para-hydroxylation sites is 1. The van der Waals surface area contributed by atoms with Gasteiger partial charge in [-0.05, 0) is 35.9 Å². The largest absolute Gasteiger partial charge is 0.370 e. The molecular formula is C20H17NS. The fourth-order valence-corrected chi connectivity index (χ4v) is 4.01. The average molecular weight is 303 g/mol. The lowest BCUT2D eigenvalue weighted by Crippen LogP contribution is -2.15. The van der Waals surface area contributed by atoms with Gasteiger partial charge in [-0.15, -0.1) is 11.3 Å². The van der Waals surface area contributed by atoms with E-state index in [4.69, 9.17) is 0 Å². The summed E-state index contributed by atoms with van der Waals surface area (Å²) < 4.78 is 2.73. The van der Waals surface area contributed by atoms with Crippen molar-refractivity contribution in [2.45, 2.75) is 6.54 Å². The van der Waals surface area contributed by atoms with Gasteiger partial charge in [0, 0.05) is 39.5 Å². The lowest BCUT2D eigenvalue weighted by Gasteiger charge is -2.19. The molecule has 2 heteroatoms. The van der Waals surface area contributed by atoms with Crippen molar-refractivity contribution in [3.63, 3.8) is 0 Å². The standard InChI is InChI=1S/C20H17NS/c1-21(16-7-3-2-4-8-16)14-15-11-12-20-18(13-15)17-9-5-6-10-19(17)22-20/h2-13H,14H2,1H3. The highest BCUT2D eigenvalue weighted by Crippen LogP contribution is 2.34. The van der Waals surface area contributed by atoms with Crippen LogP contribution in [0.3, 0.4) is 0 Å². The summed E-state index contributed by atoms with van der Waals surface area (Å²) in [6.07, 6.45) is 0. The summed E-state index contributed by atoms with van der Waals surface area (Å²) in [7, 11) is 2.14. The predicted molar refractivity (Wildman–Crippen MR) is 97.9 cm³/mol. The van der Waals surface area contributed by atoms with E-state index in [1.165, 1.54) is 31.4 Å². The molecule has 0 aliphatic heterocycles. The SMILES string of the molecule is CN(Cc1ccc2sc3ccccc3c2c1)c1ccccc1. The monoisotopic (exact) mass is 303 g/mol. The third-order valence-corrected chi connectivity index (χ3v) is 5.21. The summed E-state index contributed by atoms with van der Waals surface area (Å²) in [6, 6.07) is 26.0. The van der Waals surface area contributed by atoms with Gasteiger partial charge in [0.25, 0.3) is 0 Å². The van der Waals surface area contributed by atoms with Crippen molar-refractivity contribution in [2.75, 3.05) is 11.9 Å². The van der Waals surface area contributed by atoms with Crippen LogP contribution in [-0.4, -0.2) is 7.05 Å². The normalized spacial score (nSPS) is 11.1. The third kappa shape index (κ3) is 2.36. The zero-order chi connectivity index (χ0) is 14.9. The van der Waals surface area contributed by atoms with E-state index in [1.54, 1.807) is 0 Å². The molecule has 0 aliphatic carbocycles. The van der Waals surface area contributed by atoms with Crippen molar-refractivity contribution in [2.24, 2.45) is 0 Å². The Kier molecular flexibility index (Phi) is 3.32. The average Bonchev–Trinajstić information content (AvgIpc) is 2.94. The highest BCUT2D eigenvalue weighted by molar-refractivity contribution is 7.25. The number of benzene rings is 3. The van der Waals surface area contributed by atoms with E-state index in [0.717, 1.165) is 6.54 Å². The molecule has 0 spiro atoms. The smallest absolute Gasteiger partial charge is 0.0426 e. The lowest BCUT2D eigenvalue weighted by atomic mass is 10.1. The first kappa shape index (κ1) is 13.4. The number of hydrogen-bond acceptors (Lipinski definition) is 2. The molecule has 3 aromatic carbocycles. The topological polar surface area (TPSA) is 3.24 Å². The summed E-state index contributed by atoms with van der Waals surface area (Å²) in [4.78, 5) is 2.29. The van der Waals surface area contributed by atoms with Gasteiger partial charge >= 0.3 is 0 Å². The first-order chi connectivity index (χ1) is 10.8. The van der Waals surface area contributed by atoms with Gasteiger partial charge in [-0.2, -0.15) is 0 Å². The minimum Gasteiger partial charge on any atom is -0.370 e. The maximum absolute atomic E-state index is 2.34. The summed E-state index contributed by atoms with van der Waals surface area (Å²) >= 11 is 1.87. The van der Waals surface area contributed by atoms with Crippen LogP contribution in [0.1, 0.15) is 5.56 Å². The molecule has 0 amide bonds. The Hall–Kier alpha value is -2.32. The van der Waals surface area contributed by atoms with E-state index in [-0.39, 0.29) is 0 Å². The van der Waals surface area contributed by atoms with Crippen LogP contribution in [0, 0.1) is 0 Å². The molecule has 0 saturated carbocycles. The maximum atomic E-state index is 2.34. The van der Waals surface area contributed by atoms with Gasteiger partial charge < -0.3 is 4.90 Å². The highest BCUT2D eigenvalue weighted by Gasteiger charge is 2.07. The second-order valence-electron chi connectivity index (χ2n) is 5.62. The predicted octanol–water partition coefficient (Wildman–Crippen LogP) is 5.69. The quantitative estimate of drug-likeness (QED) is 0.470. The van der Waals surface area contributed by atoms with Gasteiger partial charge in [-0.25, -0.2) is 0 Å². The summed E-state index contributed by atoms with van der Waals surface area (Å²) in [5, 5.41) is 2.74. The molecule has 0 bridgehead atoms. The second-order valence-corrected chi connectivity index (χ2v) is 6.70. The molecule has 0 atom stereocenters. The van der Waals surface area contributed by atoms with Crippen molar-refractivity contribution in [3.05, 3.63) is 78.4 Å². The number of anilines is 1. The van der Waals surface area contributed by atoms with Crippen LogP contribution < -0.4 is 4.90 Å². The van der Waals surface area contributed by atoms with Crippen LogP contribution in [0.2, 0.25) is 0 Å². The summed E-state index contributed by atoms with van der Waals surface area (Å²) in [5.41, 5.74) is 2.60. The lowest BCUT2D eigenvalue weighted by molar-refractivity contribution is 0.925. The Labute approximate surface area is 134 Å². The van der Waals surface area contributed by atoms with E-state index in [2.05, 4.69) is 84.7 Å². The number of hydrogen-bond donors (Lipinski definition) is 0. The molecule has 108 valence electrons. The summed E-state index contributed by atoms with van der Waals surface area (Å²) in [6.45, 7) is 0.921. The van der Waals surface area contributed by atoms with Crippen LogP contribution >= 0.6 is 11.3 Å². The minimum atomic E-state index is 0.921. The van der Waals surface area contributed by atoms with Crippen molar-refractivity contribution in [1.29, 1.82) is 0 Å². The zero-order valence-corrected chi connectivity index (χ0v) is 13.3. The Morgan fingerprint density at radius 2 is 1.50 bits per heavy atom. The molecule has 0 N–H and O–H groups in total. The van der Waals surface area contributed by atoms with E-state index in [0.29, 0.717) is 0 Å². The number of fused-ring (bicyclic) bond motifs is 3. The van der Waals surface area contributed by atoms with Crippen LogP contribution in [0.5, 0.6) is 0 Å². The van der Waals surface area contributed by atoms with E-state index >= 15 is 0 Å².